The fourth-order valence-electron chi connectivity index (χ4n) is 4.11. The predicted octanol–water partition coefficient (Wildman–Crippen LogP) is 2.55. The van der Waals surface area contributed by atoms with Crippen molar-refractivity contribution in [2.75, 3.05) is 26.2 Å². The van der Waals surface area contributed by atoms with E-state index in [1.165, 1.54) is 23.3 Å². The molecule has 1 N–H and O–H groups in total. The van der Waals surface area contributed by atoms with Gasteiger partial charge < -0.3 is 9.88 Å². The van der Waals surface area contributed by atoms with Crippen LogP contribution in [0, 0.1) is 5.92 Å². The summed E-state index contributed by atoms with van der Waals surface area (Å²) in [5.41, 5.74) is 1.25. The number of H-pyrrole nitrogens is 1. The highest BCUT2D eigenvalue weighted by Crippen LogP contribution is 2.33. The van der Waals surface area contributed by atoms with Crippen LogP contribution in [0.2, 0.25) is 0 Å². The Bertz CT molecular complexity index is 895. The van der Waals surface area contributed by atoms with Crippen molar-refractivity contribution in [3.8, 4) is 0 Å². The third-order valence-corrected chi connectivity index (χ3v) is 7.15. The summed E-state index contributed by atoms with van der Waals surface area (Å²) < 4.78 is 0. The lowest BCUT2D eigenvalue weighted by atomic mass is 9.97. The molecule has 1 amide bonds. The molecule has 0 spiro atoms. The first-order valence-corrected chi connectivity index (χ1v) is 10.9. The van der Waals surface area contributed by atoms with E-state index in [1.54, 1.807) is 11.3 Å². The number of nitrogens with one attached hydrogen (secondary N) is 1. The number of hydrogen-bond acceptors (Lipinski definition) is 5. The molecule has 1 atom stereocenters. The topological polar surface area (TPSA) is 69.3 Å². The third kappa shape index (κ3) is 3.67. The second-order valence-corrected chi connectivity index (χ2v) is 8.90. The molecule has 1 unspecified atom stereocenters. The minimum absolute atomic E-state index is 0.0139. The van der Waals surface area contributed by atoms with Gasteiger partial charge >= 0.3 is 0 Å². The Labute approximate surface area is 163 Å². The van der Waals surface area contributed by atoms with Gasteiger partial charge in [0.25, 0.3) is 5.56 Å². The molecule has 0 radical (unpaired) electrons. The van der Waals surface area contributed by atoms with Crippen molar-refractivity contribution < 1.29 is 4.79 Å². The Morgan fingerprint density at radius 3 is 2.70 bits per heavy atom. The van der Waals surface area contributed by atoms with E-state index >= 15 is 0 Å². The van der Waals surface area contributed by atoms with Crippen LogP contribution in [0.1, 0.15) is 49.4 Å². The third-order valence-electron chi connectivity index (χ3n) is 5.97. The van der Waals surface area contributed by atoms with E-state index in [1.807, 2.05) is 11.8 Å². The van der Waals surface area contributed by atoms with E-state index < -0.39 is 0 Å². The van der Waals surface area contributed by atoms with Crippen molar-refractivity contribution in [2.45, 2.75) is 52.5 Å². The zero-order valence-corrected chi connectivity index (χ0v) is 17.0. The van der Waals surface area contributed by atoms with Gasteiger partial charge in [0.05, 0.1) is 11.9 Å². The van der Waals surface area contributed by atoms with Gasteiger partial charge in [-0.1, -0.05) is 13.8 Å². The van der Waals surface area contributed by atoms with Crippen LogP contribution >= 0.6 is 11.3 Å². The van der Waals surface area contributed by atoms with Gasteiger partial charge in [-0.2, -0.15) is 0 Å². The van der Waals surface area contributed by atoms with Crippen LogP contribution in [-0.4, -0.2) is 51.9 Å². The van der Waals surface area contributed by atoms with Gasteiger partial charge in [0.15, 0.2) is 0 Å². The summed E-state index contributed by atoms with van der Waals surface area (Å²) in [6.45, 7) is 7.85. The summed E-state index contributed by atoms with van der Waals surface area (Å²) in [7, 11) is 0. The molecule has 1 aliphatic carbocycles. The molecule has 0 aromatic carbocycles. The smallest absolute Gasteiger partial charge is 0.259 e. The highest BCUT2D eigenvalue weighted by Gasteiger charge is 2.25. The van der Waals surface area contributed by atoms with E-state index in [0.717, 1.165) is 61.5 Å². The normalized spacial score (nSPS) is 19.3. The Hall–Kier alpha value is -1.73. The number of fused-ring (bicyclic) bond motifs is 3. The van der Waals surface area contributed by atoms with Gasteiger partial charge in [-0.3, -0.25) is 14.5 Å². The molecule has 2 aromatic heterocycles. The lowest BCUT2D eigenvalue weighted by Crippen LogP contribution is -2.49. The van der Waals surface area contributed by atoms with Crippen LogP contribution < -0.4 is 5.56 Å². The number of piperazine rings is 1. The van der Waals surface area contributed by atoms with Gasteiger partial charge in [-0.25, -0.2) is 4.98 Å². The van der Waals surface area contributed by atoms with Gasteiger partial charge in [0, 0.05) is 37.0 Å². The Balaban J connectivity index is 1.45. The van der Waals surface area contributed by atoms with E-state index in [4.69, 9.17) is 4.98 Å². The highest BCUT2D eigenvalue weighted by atomic mass is 32.1. The van der Waals surface area contributed by atoms with Crippen molar-refractivity contribution in [1.82, 2.24) is 19.8 Å². The molecule has 7 heteroatoms. The Kier molecular flexibility index (Phi) is 5.32. The average Bonchev–Trinajstić information content (AvgIpc) is 3.06. The van der Waals surface area contributed by atoms with Gasteiger partial charge in [-0.15, -0.1) is 11.3 Å². The maximum atomic E-state index is 12.7. The summed E-state index contributed by atoms with van der Waals surface area (Å²) in [5.74, 6) is 1.10. The monoisotopic (exact) mass is 388 g/mol. The molecule has 27 heavy (non-hydrogen) atoms. The van der Waals surface area contributed by atoms with E-state index in [0.29, 0.717) is 6.54 Å². The lowest BCUT2D eigenvalue weighted by Gasteiger charge is -2.35. The number of aromatic nitrogens is 2. The lowest BCUT2D eigenvalue weighted by molar-refractivity contribution is -0.136. The molecule has 6 nitrogen and oxygen atoms in total. The van der Waals surface area contributed by atoms with Crippen molar-refractivity contribution in [1.29, 1.82) is 0 Å². The molecule has 4 rings (SSSR count). The molecule has 2 aromatic rings. The number of carbonyl (C=O) groups excluding carboxylic acids is 1. The van der Waals surface area contributed by atoms with Crippen LogP contribution in [-0.2, 0) is 24.2 Å². The van der Waals surface area contributed by atoms with Crippen LogP contribution in [0.15, 0.2) is 4.79 Å². The standard InChI is InChI=1S/C20H28N4O2S/c1-3-13(2)20(26)24-10-8-23(9-11-24)12-16-21-18(25)17-14-6-4-5-7-15(14)27-19(17)22-16/h13H,3-12H2,1-2H3,(H,21,22,25). The quantitative estimate of drug-likeness (QED) is 0.874. The number of thiophene rings is 1. The minimum Gasteiger partial charge on any atom is -0.340 e. The van der Waals surface area contributed by atoms with Crippen molar-refractivity contribution in [2.24, 2.45) is 5.92 Å². The number of aromatic amines is 1. The fourth-order valence-corrected chi connectivity index (χ4v) is 5.39. The number of hydrogen-bond donors (Lipinski definition) is 1. The Morgan fingerprint density at radius 1 is 1.22 bits per heavy atom. The molecule has 1 fully saturated rings. The average molecular weight is 389 g/mol. The zero-order valence-electron chi connectivity index (χ0n) is 16.2. The summed E-state index contributed by atoms with van der Waals surface area (Å²) >= 11 is 1.70. The maximum Gasteiger partial charge on any atom is 0.259 e. The molecular formula is C20H28N4O2S. The number of rotatable bonds is 4. The SMILES string of the molecule is CCC(C)C(=O)N1CCN(Cc2nc3sc4c(c3c(=O)[nH]2)CCCC4)CC1. The van der Waals surface area contributed by atoms with Crippen LogP contribution in [0.5, 0.6) is 0 Å². The minimum atomic E-state index is 0.0139. The largest absolute Gasteiger partial charge is 0.340 e. The summed E-state index contributed by atoms with van der Waals surface area (Å²) in [6, 6.07) is 0. The van der Waals surface area contributed by atoms with Crippen molar-refractivity contribution in [3.05, 3.63) is 26.6 Å². The van der Waals surface area contributed by atoms with Gasteiger partial charge in [0.1, 0.15) is 10.7 Å². The van der Waals surface area contributed by atoms with E-state index in [2.05, 4.69) is 16.8 Å². The predicted molar refractivity (Wildman–Crippen MR) is 108 cm³/mol. The van der Waals surface area contributed by atoms with Crippen molar-refractivity contribution >= 4 is 27.5 Å². The van der Waals surface area contributed by atoms with E-state index in [9.17, 15) is 9.59 Å². The maximum absolute atomic E-state index is 12.7. The van der Waals surface area contributed by atoms with Crippen molar-refractivity contribution in [3.63, 3.8) is 0 Å². The van der Waals surface area contributed by atoms with Crippen LogP contribution in [0.25, 0.3) is 10.2 Å². The number of carbonyl (C=O) groups is 1. The summed E-state index contributed by atoms with van der Waals surface area (Å²) in [4.78, 5) is 39.3. The first kappa shape index (κ1) is 18.6. The van der Waals surface area contributed by atoms with Gasteiger partial charge in [0.2, 0.25) is 5.91 Å². The van der Waals surface area contributed by atoms with Crippen LogP contribution in [0.4, 0.5) is 0 Å². The second-order valence-electron chi connectivity index (χ2n) is 7.81. The Morgan fingerprint density at radius 2 is 1.96 bits per heavy atom. The first-order valence-electron chi connectivity index (χ1n) is 10.1. The molecule has 146 valence electrons. The number of nitrogens with zero attached hydrogens (tertiary/aromatic N) is 3. The molecule has 2 aliphatic rings. The first-order chi connectivity index (χ1) is 13.1. The summed E-state index contributed by atoms with van der Waals surface area (Å²) in [5, 5.41) is 0.822. The number of aryl methyl sites for hydroxylation is 2. The second kappa shape index (κ2) is 7.72. The summed E-state index contributed by atoms with van der Waals surface area (Å²) in [6.07, 6.45) is 5.35. The molecule has 1 aliphatic heterocycles. The van der Waals surface area contributed by atoms with Crippen LogP contribution in [0.3, 0.4) is 0 Å². The highest BCUT2D eigenvalue weighted by molar-refractivity contribution is 7.18. The van der Waals surface area contributed by atoms with Gasteiger partial charge in [-0.05, 0) is 37.7 Å². The molecule has 3 heterocycles. The zero-order chi connectivity index (χ0) is 19.0. The molecule has 1 saturated heterocycles. The fraction of sp³-hybridized carbons (Fsp3) is 0.650. The van der Waals surface area contributed by atoms with E-state index in [-0.39, 0.29) is 17.4 Å². The molecule has 0 bridgehead atoms. The molecule has 0 saturated carbocycles. The number of amides is 1. The molecular weight excluding hydrogens is 360 g/mol.